The van der Waals surface area contributed by atoms with Crippen molar-refractivity contribution in [3.05, 3.63) is 56.5 Å². The van der Waals surface area contributed by atoms with Crippen LogP contribution in [0.3, 0.4) is 0 Å². The van der Waals surface area contributed by atoms with Gasteiger partial charge in [-0.15, -0.1) is 0 Å². The Morgan fingerprint density at radius 1 is 1.32 bits per heavy atom. The predicted molar refractivity (Wildman–Crippen MR) is 103 cm³/mol. The Kier molecular flexibility index (Phi) is 6.62. The molecule has 2 N–H and O–H groups in total. The Bertz CT molecular complexity index is 856. The molecule has 0 saturated heterocycles. The van der Waals surface area contributed by atoms with E-state index in [1.807, 2.05) is 6.07 Å². The van der Waals surface area contributed by atoms with Crippen LogP contribution in [-0.4, -0.2) is 17.6 Å². The summed E-state index contributed by atoms with van der Waals surface area (Å²) in [6.45, 7) is 2.17. The van der Waals surface area contributed by atoms with Gasteiger partial charge in [0.15, 0.2) is 11.5 Å². The van der Waals surface area contributed by atoms with E-state index < -0.39 is 5.91 Å². The van der Waals surface area contributed by atoms with Crippen LogP contribution in [0.1, 0.15) is 12.5 Å². The Balaban J connectivity index is 2.29. The smallest absolute Gasteiger partial charge is 0.266 e. The van der Waals surface area contributed by atoms with Gasteiger partial charge in [0.05, 0.1) is 11.1 Å². The third-order valence-electron chi connectivity index (χ3n) is 3.13. The fourth-order valence-corrected chi connectivity index (χ4v) is 2.71. The topological polar surface area (TPSA) is 82.3 Å². The summed E-state index contributed by atoms with van der Waals surface area (Å²) in [5, 5.41) is 21.9. The second-order valence-corrected chi connectivity index (χ2v) is 6.68. The molecule has 0 radical (unpaired) electrons. The normalized spacial score (nSPS) is 10.9. The van der Waals surface area contributed by atoms with Gasteiger partial charge in [-0.1, -0.05) is 15.9 Å². The fourth-order valence-electron chi connectivity index (χ4n) is 1.99. The number of rotatable bonds is 5. The minimum absolute atomic E-state index is 0.0307. The lowest BCUT2D eigenvalue weighted by molar-refractivity contribution is -0.112. The first-order chi connectivity index (χ1) is 11.9. The van der Waals surface area contributed by atoms with Gasteiger partial charge in [-0.2, -0.15) is 5.26 Å². The minimum atomic E-state index is -0.521. The molecule has 2 rings (SSSR count). The van der Waals surface area contributed by atoms with Gasteiger partial charge < -0.3 is 15.2 Å². The second kappa shape index (κ2) is 8.70. The molecule has 128 valence electrons. The number of anilines is 1. The molecule has 0 atom stereocenters. The first-order valence-corrected chi connectivity index (χ1v) is 8.87. The number of benzene rings is 2. The lowest BCUT2D eigenvalue weighted by atomic mass is 10.1. The van der Waals surface area contributed by atoms with Crippen molar-refractivity contribution in [3.8, 4) is 17.6 Å². The molecular weight excluding hydrogens is 452 g/mol. The minimum Gasteiger partial charge on any atom is -0.503 e. The molecule has 0 spiro atoms. The van der Waals surface area contributed by atoms with E-state index in [0.29, 0.717) is 22.3 Å². The number of nitrogens with zero attached hydrogens (tertiary/aromatic N) is 1. The number of hydrogen-bond donors (Lipinski definition) is 2. The monoisotopic (exact) mass is 464 g/mol. The van der Waals surface area contributed by atoms with Crippen LogP contribution in [0.15, 0.2) is 50.9 Å². The van der Waals surface area contributed by atoms with E-state index in [1.54, 1.807) is 43.3 Å². The number of aromatic hydroxyl groups is 1. The Morgan fingerprint density at radius 2 is 2.00 bits per heavy atom. The molecule has 5 nitrogen and oxygen atoms in total. The molecule has 0 saturated carbocycles. The zero-order chi connectivity index (χ0) is 18.4. The predicted octanol–water partition coefficient (Wildman–Crippen LogP) is 4.86. The highest BCUT2D eigenvalue weighted by Crippen LogP contribution is 2.36. The standard InChI is InChI=1S/C18H14Br2N2O3/c1-2-25-16-9-11(8-15(20)17(16)23)7-12(10-21)18(24)22-14-5-3-13(19)4-6-14/h3-9,23H,2H2,1H3,(H,22,24)/b12-7-. The highest BCUT2D eigenvalue weighted by Gasteiger charge is 2.12. The Morgan fingerprint density at radius 3 is 2.60 bits per heavy atom. The molecule has 0 fully saturated rings. The molecule has 0 bridgehead atoms. The second-order valence-electron chi connectivity index (χ2n) is 4.91. The zero-order valence-corrected chi connectivity index (χ0v) is 16.4. The summed E-state index contributed by atoms with van der Waals surface area (Å²) in [5.41, 5.74) is 1.06. The lowest BCUT2D eigenvalue weighted by Gasteiger charge is -2.09. The fraction of sp³-hybridized carbons (Fsp3) is 0.111. The van der Waals surface area contributed by atoms with Crippen LogP contribution in [-0.2, 0) is 4.79 Å². The molecule has 7 heteroatoms. The van der Waals surface area contributed by atoms with Crippen molar-refractivity contribution in [1.29, 1.82) is 5.26 Å². The Hall–Kier alpha value is -2.30. The number of carbonyl (C=O) groups excluding carboxylic acids is 1. The number of amides is 1. The molecule has 0 aromatic heterocycles. The number of halogens is 2. The van der Waals surface area contributed by atoms with Gasteiger partial charge in [0.1, 0.15) is 11.6 Å². The maximum Gasteiger partial charge on any atom is 0.266 e. The third kappa shape index (κ3) is 5.08. The Labute approximate surface area is 162 Å². The van der Waals surface area contributed by atoms with Gasteiger partial charge in [-0.3, -0.25) is 4.79 Å². The highest BCUT2D eigenvalue weighted by atomic mass is 79.9. The molecule has 0 unspecified atom stereocenters. The van der Waals surface area contributed by atoms with Crippen LogP contribution in [0, 0.1) is 11.3 Å². The van der Waals surface area contributed by atoms with Crippen molar-refractivity contribution in [3.63, 3.8) is 0 Å². The van der Waals surface area contributed by atoms with E-state index in [2.05, 4.69) is 37.2 Å². The van der Waals surface area contributed by atoms with E-state index in [0.717, 1.165) is 4.47 Å². The average molecular weight is 466 g/mol. The largest absolute Gasteiger partial charge is 0.503 e. The number of ether oxygens (including phenoxy) is 1. The molecule has 0 aliphatic heterocycles. The van der Waals surface area contributed by atoms with Crippen molar-refractivity contribution >= 4 is 49.5 Å². The van der Waals surface area contributed by atoms with E-state index >= 15 is 0 Å². The molecular formula is C18H14Br2N2O3. The summed E-state index contributed by atoms with van der Waals surface area (Å²) in [6, 6.07) is 12.1. The van der Waals surface area contributed by atoms with Gasteiger partial charge in [0.25, 0.3) is 5.91 Å². The summed E-state index contributed by atoms with van der Waals surface area (Å²) < 4.78 is 6.64. The first kappa shape index (κ1) is 19.0. The van der Waals surface area contributed by atoms with Crippen LogP contribution in [0.2, 0.25) is 0 Å². The molecule has 25 heavy (non-hydrogen) atoms. The number of phenolic OH excluding ortho intramolecular Hbond substituents is 1. The van der Waals surface area contributed by atoms with E-state index in [1.165, 1.54) is 6.08 Å². The van der Waals surface area contributed by atoms with Gasteiger partial charge in [0, 0.05) is 10.2 Å². The summed E-state index contributed by atoms with van der Waals surface area (Å²) in [6.07, 6.45) is 1.43. The van der Waals surface area contributed by atoms with Crippen molar-refractivity contribution in [2.24, 2.45) is 0 Å². The van der Waals surface area contributed by atoms with Crippen LogP contribution < -0.4 is 10.1 Å². The maximum atomic E-state index is 12.3. The van der Waals surface area contributed by atoms with Gasteiger partial charge in [-0.25, -0.2) is 0 Å². The van der Waals surface area contributed by atoms with Crippen LogP contribution >= 0.6 is 31.9 Å². The van der Waals surface area contributed by atoms with Crippen molar-refractivity contribution in [2.45, 2.75) is 6.92 Å². The van der Waals surface area contributed by atoms with Crippen LogP contribution in [0.5, 0.6) is 11.5 Å². The van der Waals surface area contributed by atoms with E-state index in [-0.39, 0.29) is 17.1 Å². The quantitative estimate of drug-likeness (QED) is 0.487. The summed E-state index contributed by atoms with van der Waals surface area (Å²) in [7, 11) is 0. The maximum absolute atomic E-state index is 12.3. The number of carbonyl (C=O) groups is 1. The van der Waals surface area contributed by atoms with E-state index in [4.69, 9.17) is 4.74 Å². The molecule has 2 aromatic carbocycles. The van der Waals surface area contributed by atoms with Crippen molar-refractivity contribution < 1.29 is 14.6 Å². The summed E-state index contributed by atoms with van der Waals surface area (Å²) >= 11 is 6.55. The van der Waals surface area contributed by atoms with Crippen molar-refractivity contribution in [1.82, 2.24) is 0 Å². The van der Waals surface area contributed by atoms with Gasteiger partial charge >= 0.3 is 0 Å². The number of nitrogens with one attached hydrogen (secondary N) is 1. The van der Waals surface area contributed by atoms with Crippen molar-refractivity contribution in [2.75, 3.05) is 11.9 Å². The molecule has 0 aliphatic carbocycles. The number of nitriles is 1. The van der Waals surface area contributed by atoms with Gasteiger partial charge in [-0.05, 0) is 70.9 Å². The van der Waals surface area contributed by atoms with E-state index in [9.17, 15) is 15.2 Å². The van der Waals surface area contributed by atoms with Crippen LogP contribution in [0.25, 0.3) is 6.08 Å². The van der Waals surface area contributed by atoms with Crippen LogP contribution in [0.4, 0.5) is 5.69 Å². The SMILES string of the molecule is CCOc1cc(/C=C(/C#N)C(=O)Nc2ccc(Br)cc2)cc(Br)c1O. The summed E-state index contributed by atoms with van der Waals surface area (Å²) in [5.74, 6) is -0.280. The molecule has 0 aliphatic rings. The molecule has 1 amide bonds. The zero-order valence-electron chi connectivity index (χ0n) is 13.2. The number of phenols is 1. The molecule has 2 aromatic rings. The van der Waals surface area contributed by atoms with Gasteiger partial charge in [0.2, 0.25) is 0 Å². The summed E-state index contributed by atoms with van der Waals surface area (Å²) in [4.78, 5) is 12.3. The average Bonchev–Trinajstić information content (AvgIpc) is 2.59. The molecule has 0 heterocycles. The lowest BCUT2D eigenvalue weighted by Crippen LogP contribution is -2.13. The highest BCUT2D eigenvalue weighted by molar-refractivity contribution is 9.10. The number of hydrogen-bond acceptors (Lipinski definition) is 4. The third-order valence-corrected chi connectivity index (χ3v) is 4.26. The first-order valence-electron chi connectivity index (χ1n) is 7.28.